The molecule has 1 N–H and O–H groups in total. The number of hydrogen-bond acceptors (Lipinski definition) is 5. The highest BCUT2D eigenvalue weighted by atomic mass is 32.1. The van der Waals surface area contributed by atoms with Crippen LogP contribution in [0.2, 0.25) is 0 Å². The highest BCUT2D eigenvalue weighted by molar-refractivity contribution is 7.14. The number of aromatic nitrogens is 1. The third-order valence-corrected chi connectivity index (χ3v) is 5.56. The fourth-order valence-electron chi connectivity index (χ4n) is 3.26. The molecule has 0 fully saturated rings. The molecule has 1 aliphatic heterocycles. The lowest BCUT2D eigenvalue weighted by atomic mass is 10.1. The zero-order valence-corrected chi connectivity index (χ0v) is 17.0. The Morgan fingerprint density at radius 3 is 2.73 bits per heavy atom. The van der Waals surface area contributed by atoms with E-state index in [-0.39, 0.29) is 30.5 Å². The van der Waals surface area contributed by atoms with Gasteiger partial charge >= 0.3 is 0 Å². The largest absolute Gasteiger partial charge is 0.494 e. The van der Waals surface area contributed by atoms with Crippen molar-refractivity contribution in [1.82, 2.24) is 9.88 Å². The van der Waals surface area contributed by atoms with E-state index in [4.69, 9.17) is 4.74 Å². The van der Waals surface area contributed by atoms with Crippen LogP contribution in [0.15, 0.2) is 54.4 Å². The Morgan fingerprint density at radius 1 is 1.27 bits per heavy atom. The number of benzene rings is 2. The number of nitrogens with zero attached hydrogens (tertiary/aromatic N) is 2. The highest BCUT2D eigenvalue weighted by Gasteiger charge is 2.30. The van der Waals surface area contributed by atoms with Gasteiger partial charge < -0.3 is 15.0 Å². The van der Waals surface area contributed by atoms with Crippen LogP contribution in [0.4, 0.5) is 9.52 Å². The Bertz CT molecular complexity index is 1120. The van der Waals surface area contributed by atoms with Gasteiger partial charge in [-0.25, -0.2) is 9.37 Å². The van der Waals surface area contributed by atoms with Crippen molar-refractivity contribution in [2.45, 2.75) is 6.42 Å². The fourth-order valence-corrected chi connectivity index (χ4v) is 3.99. The number of nitrogens with one attached hydrogen (secondary N) is 1. The number of ether oxygens (including phenoxy) is 1. The van der Waals surface area contributed by atoms with Crippen molar-refractivity contribution in [1.29, 1.82) is 0 Å². The molecule has 6 nitrogen and oxygen atoms in total. The third kappa shape index (κ3) is 3.69. The van der Waals surface area contributed by atoms with Crippen molar-refractivity contribution in [3.8, 4) is 17.0 Å². The van der Waals surface area contributed by atoms with E-state index in [1.807, 2.05) is 12.1 Å². The van der Waals surface area contributed by atoms with Crippen molar-refractivity contribution in [3.05, 3.63) is 71.4 Å². The number of hydrogen-bond donors (Lipinski definition) is 1. The number of carbonyl (C=O) groups is 2. The fraction of sp³-hybridized carbons (Fsp3) is 0.136. The smallest absolute Gasteiger partial charge is 0.258 e. The minimum absolute atomic E-state index is 0.102. The SMILES string of the molecule is C=C1c2ccccc2C(=O)N1CCC(=O)Nc1nc(-c2ccc(OC)c(F)c2)cs1. The topological polar surface area (TPSA) is 71.5 Å². The summed E-state index contributed by atoms with van der Waals surface area (Å²) in [4.78, 5) is 30.7. The number of methoxy groups -OCH3 is 1. The molecule has 8 heteroatoms. The van der Waals surface area contributed by atoms with Gasteiger partial charge in [0, 0.05) is 40.7 Å². The van der Waals surface area contributed by atoms with E-state index >= 15 is 0 Å². The summed E-state index contributed by atoms with van der Waals surface area (Å²) in [5, 5.41) is 4.87. The van der Waals surface area contributed by atoms with E-state index in [2.05, 4.69) is 16.9 Å². The van der Waals surface area contributed by atoms with Crippen LogP contribution in [0.25, 0.3) is 17.0 Å². The van der Waals surface area contributed by atoms with Gasteiger partial charge in [0.2, 0.25) is 5.91 Å². The summed E-state index contributed by atoms with van der Waals surface area (Å²) in [6, 6.07) is 11.8. The molecule has 1 aromatic heterocycles. The lowest BCUT2D eigenvalue weighted by Gasteiger charge is -2.16. The van der Waals surface area contributed by atoms with Crippen LogP contribution in [-0.4, -0.2) is 35.4 Å². The minimum atomic E-state index is -0.481. The van der Waals surface area contributed by atoms with Gasteiger partial charge in [0.1, 0.15) is 0 Å². The van der Waals surface area contributed by atoms with Crippen LogP contribution >= 0.6 is 11.3 Å². The third-order valence-electron chi connectivity index (χ3n) is 4.80. The van der Waals surface area contributed by atoms with Crippen LogP contribution in [0, 0.1) is 5.82 Å². The number of fused-ring (bicyclic) bond motifs is 1. The van der Waals surface area contributed by atoms with E-state index in [9.17, 15) is 14.0 Å². The molecule has 2 amide bonds. The van der Waals surface area contributed by atoms with E-state index in [0.717, 1.165) is 5.56 Å². The Morgan fingerprint density at radius 2 is 2.03 bits per heavy atom. The number of thiazole rings is 1. The normalized spacial score (nSPS) is 12.8. The van der Waals surface area contributed by atoms with Crippen LogP contribution in [0.1, 0.15) is 22.3 Å². The molecular formula is C22H18FN3O3S. The summed E-state index contributed by atoms with van der Waals surface area (Å²) in [5.74, 6) is -0.748. The Hall–Kier alpha value is -3.52. The van der Waals surface area contributed by atoms with E-state index in [1.165, 1.54) is 35.5 Å². The molecule has 0 radical (unpaired) electrons. The summed E-state index contributed by atoms with van der Waals surface area (Å²) < 4.78 is 18.8. The van der Waals surface area contributed by atoms with Crippen molar-refractivity contribution in [2.24, 2.45) is 0 Å². The Kier molecular flexibility index (Phi) is 5.33. The molecule has 2 aromatic carbocycles. The van der Waals surface area contributed by atoms with Crippen molar-refractivity contribution in [2.75, 3.05) is 19.0 Å². The molecule has 152 valence electrons. The quantitative estimate of drug-likeness (QED) is 0.637. The Balaban J connectivity index is 1.37. The molecule has 0 bridgehead atoms. The number of halogens is 1. The molecule has 2 heterocycles. The number of carbonyl (C=O) groups excluding carboxylic acids is 2. The zero-order valence-electron chi connectivity index (χ0n) is 16.1. The van der Waals surface area contributed by atoms with Crippen molar-refractivity contribution < 1.29 is 18.7 Å². The minimum Gasteiger partial charge on any atom is -0.494 e. The molecule has 0 saturated heterocycles. The molecule has 3 aromatic rings. The van der Waals surface area contributed by atoms with Crippen molar-refractivity contribution >= 4 is 34.0 Å². The average Bonchev–Trinajstić information content (AvgIpc) is 3.30. The van der Waals surface area contributed by atoms with Gasteiger partial charge in [0.25, 0.3) is 5.91 Å². The highest BCUT2D eigenvalue weighted by Crippen LogP contribution is 2.31. The predicted molar refractivity (Wildman–Crippen MR) is 114 cm³/mol. The first-order valence-electron chi connectivity index (χ1n) is 9.17. The maximum atomic E-state index is 13.9. The van der Waals surface area contributed by atoms with Crippen LogP contribution < -0.4 is 10.1 Å². The van der Waals surface area contributed by atoms with Gasteiger partial charge in [0.05, 0.1) is 12.8 Å². The maximum Gasteiger partial charge on any atom is 0.258 e. The second kappa shape index (κ2) is 8.08. The number of amides is 2. The summed E-state index contributed by atoms with van der Waals surface area (Å²) >= 11 is 1.24. The number of anilines is 1. The first-order chi connectivity index (χ1) is 14.5. The molecule has 0 saturated carbocycles. The first kappa shape index (κ1) is 19.8. The second-order valence-corrected chi connectivity index (χ2v) is 7.49. The molecule has 30 heavy (non-hydrogen) atoms. The second-order valence-electron chi connectivity index (χ2n) is 6.63. The van der Waals surface area contributed by atoms with E-state index < -0.39 is 5.82 Å². The van der Waals surface area contributed by atoms with Crippen LogP contribution in [0.3, 0.4) is 0 Å². The summed E-state index contributed by atoms with van der Waals surface area (Å²) in [6.07, 6.45) is 0.102. The lowest BCUT2D eigenvalue weighted by Crippen LogP contribution is -2.27. The Labute approximate surface area is 176 Å². The summed E-state index contributed by atoms with van der Waals surface area (Å²) in [7, 11) is 1.40. The standard InChI is InChI=1S/C22H18FN3O3S/c1-13-15-5-3-4-6-16(15)21(28)26(13)10-9-20(27)25-22-24-18(12-30-22)14-7-8-19(29-2)17(23)11-14/h3-8,11-12H,1,9-10H2,2H3,(H,24,25,27). The molecular weight excluding hydrogens is 405 g/mol. The summed E-state index contributed by atoms with van der Waals surface area (Å²) in [5.41, 5.74) is 3.12. The van der Waals surface area contributed by atoms with Gasteiger partial charge in [-0.3, -0.25) is 9.59 Å². The van der Waals surface area contributed by atoms with Gasteiger partial charge in [-0.05, 0) is 24.3 Å². The van der Waals surface area contributed by atoms with Gasteiger partial charge in [0.15, 0.2) is 16.7 Å². The predicted octanol–water partition coefficient (Wildman–Crippen LogP) is 4.41. The summed E-state index contributed by atoms with van der Waals surface area (Å²) in [6.45, 7) is 4.19. The van der Waals surface area contributed by atoms with Gasteiger partial charge in [-0.15, -0.1) is 11.3 Å². The molecule has 0 aliphatic carbocycles. The average molecular weight is 423 g/mol. The van der Waals surface area contributed by atoms with Crippen LogP contribution in [-0.2, 0) is 4.79 Å². The van der Waals surface area contributed by atoms with Gasteiger partial charge in [-0.1, -0.05) is 24.8 Å². The monoisotopic (exact) mass is 423 g/mol. The zero-order chi connectivity index (χ0) is 21.3. The lowest BCUT2D eigenvalue weighted by molar-refractivity contribution is -0.116. The number of rotatable bonds is 6. The van der Waals surface area contributed by atoms with E-state index in [0.29, 0.717) is 27.6 Å². The molecule has 1 aliphatic rings. The molecule has 0 atom stereocenters. The first-order valence-corrected chi connectivity index (χ1v) is 10.1. The molecule has 0 unspecified atom stereocenters. The van der Waals surface area contributed by atoms with Gasteiger partial charge in [-0.2, -0.15) is 0 Å². The van der Waals surface area contributed by atoms with Crippen molar-refractivity contribution in [3.63, 3.8) is 0 Å². The maximum absolute atomic E-state index is 13.9. The van der Waals surface area contributed by atoms with E-state index in [1.54, 1.807) is 23.6 Å². The molecule has 4 rings (SSSR count). The van der Waals surface area contributed by atoms with Crippen LogP contribution in [0.5, 0.6) is 5.75 Å². The molecule has 0 spiro atoms.